The van der Waals surface area contributed by atoms with Crippen LogP contribution in [0.15, 0.2) is 66.0 Å². The van der Waals surface area contributed by atoms with Crippen molar-refractivity contribution in [3.8, 4) is 11.5 Å². The van der Waals surface area contributed by atoms with Crippen LogP contribution in [0.4, 0.5) is 5.69 Å². The molecule has 0 saturated carbocycles. The Balaban J connectivity index is 1.64. The number of carbonyl (C=O) groups excluding carboxylic acids is 2. The Bertz CT molecular complexity index is 1050. The number of hydrogen-bond acceptors (Lipinski definition) is 6. The molecular formula is C21H21N5O4. The van der Waals surface area contributed by atoms with E-state index in [4.69, 9.17) is 9.47 Å². The fourth-order valence-corrected chi connectivity index (χ4v) is 2.57. The maximum atomic E-state index is 12.3. The van der Waals surface area contributed by atoms with E-state index in [0.29, 0.717) is 28.3 Å². The second-order valence-corrected chi connectivity index (χ2v) is 6.19. The van der Waals surface area contributed by atoms with E-state index in [0.717, 1.165) is 0 Å². The van der Waals surface area contributed by atoms with Crippen LogP contribution < -0.4 is 20.2 Å². The predicted octanol–water partition coefficient (Wildman–Crippen LogP) is 2.65. The van der Waals surface area contributed by atoms with E-state index in [1.54, 1.807) is 72.7 Å². The average molecular weight is 407 g/mol. The molecule has 0 aliphatic rings. The smallest absolute Gasteiger partial charge is 0.271 e. The van der Waals surface area contributed by atoms with Gasteiger partial charge >= 0.3 is 0 Å². The average Bonchev–Trinajstić information content (AvgIpc) is 3.25. The van der Waals surface area contributed by atoms with Gasteiger partial charge in [-0.1, -0.05) is 6.07 Å². The second kappa shape index (κ2) is 9.87. The van der Waals surface area contributed by atoms with Gasteiger partial charge < -0.3 is 14.8 Å². The van der Waals surface area contributed by atoms with Gasteiger partial charge in [-0.25, -0.2) is 10.1 Å². The molecule has 1 heterocycles. The number of benzene rings is 2. The molecule has 9 heteroatoms. The first-order valence-electron chi connectivity index (χ1n) is 9.04. The van der Waals surface area contributed by atoms with Gasteiger partial charge in [-0.2, -0.15) is 10.2 Å². The zero-order valence-electron chi connectivity index (χ0n) is 16.5. The van der Waals surface area contributed by atoms with Crippen LogP contribution >= 0.6 is 0 Å². The van der Waals surface area contributed by atoms with Gasteiger partial charge in [0.05, 0.1) is 13.3 Å². The van der Waals surface area contributed by atoms with Crippen LogP contribution in [-0.4, -0.2) is 34.9 Å². The van der Waals surface area contributed by atoms with Crippen molar-refractivity contribution in [1.82, 2.24) is 15.2 Å². The third-order valence-corrected chi connectivity index (χ3v) is 3.92. The summed E-state index contributed by atoms with van der Waals surface area (Å²) in [7, 11) is 1.55. The number of amides is 2. The number of hydrazone groups is 1. The quantitative estimate of drug-likeness (QED) is 0.441. The highest BCUT2D eigenvalue weighted by molar-refractivity contribution is 5.97. The maximum absolute atomic E-state index is 12.3. The Morgan fingerprint density at radius 1 is 1.17 bits per heavy atom. The number of aromatic nitrogens is 2. The second-order valence-electron chi connectivity index (χ2n) is 6.19. The van der Waals surface area contributed by atoms with E-state index in [1.807, 2.05) is 0 Å². The summed E-state index contributed by atoms with van der Waals surface area (Å²) in [4.78, 5) is 23.4. The van der Waals surface area contributed by atoms with E-state index in [9.17, 15) is 9.59 Å². The number of anilines is 1. The highest BCUT2D eigenvalue weighted by Crippen LogP contribution is 2.27. The molecule has 9 nitrogen and oxygen atoms in total. The molecule has 2 aromatic carbocycles. The van der Waals surface area contributed by atoms with E-state index in [-0.39, 0.29) is 12.6 Å². The lowest BCUT2D eigenvalue weighted by Crippen LogP contribution is -2.18. The van der Waals surface area contributed by atoms with Crippen molar-refractivity contribution in [2.75, 3.05) is 12.4 Å². The third kappa shape index (κ3) is 5.68. The van der Waals surface area contributed by atoms with Crippen LogP contribution in [0.2, 0.25) is 0 Å². The van der Waals surface area contributed by atoms with Crippen molar-refractivity contribution in [3.63, 3.8) is 0 Å². The Hall–Kier alpha value is -4.14. The van der Waals surface area contributed by atoms with Crippen molar-refractivity contribution in [1.29, 1.82) is 0 Å². The SMILES string of the molecule is COc1ccc(/C=N/NC(=O)c2cccc(NC(C)=O)c2)cc1OCn1cccn1. The normalized spacial score (nSPS) is 10.6. The lowest BCUT2D eigenvalue weighted by atomic mass is 10.2. The highest BCUT2D eigenvalue weighted by atomic mass is 16.5. The zero-order chi connectivity index (χ0) is 21.3. The monoisotopic (exact) mass is 407 g/mol. The third-order valence-electron chi connectivity index (χ3n) is 3.92. The largest absolute Gasteiger partial charge is 0.493 e. The molecule has 3 rings (SSSR count). The molecule has 0 bridgehead atoms. The molecule has 0 fully saturated rings. The van der Waals surface area contributed by atoms with Gasteiger partial charge in [0.1, 0.15) is 0 Å². The molecule has 0 aliphatic heterocycles. The Kier molecular flexibility index (Phi) is 6.78. The number of rotatable bonds is 8. The van der Waals surface area contributed by atoms with Gasteiger partial charge in [0.25, 0.3) is 5.91 Å². The Labute approximate surface area is 173 Å². The zero-order valence-corrected chi connectivity index (χ0v) is 16.5. The summed E-state index contributed by atoms with van der Waals surface area (Å²) in [5.74, 6) is 0.474. The Morgan fingerprint density at radius 2 is 2.03 bits per heavy atom. The minimum absolute atomic E-state index is 0.212. The molecule has 0 atom stereocenters. The molecule has 0 radical (unpaired) electrons. The van der Waals surface area contributed by atoms with Gasteiger partial charge in [-0.3, -0.25) is 9.59 Å². The van der Waals surface area contributed by atoms with Gasteiger partial charge in [0, 0.05) is 30.6 Å². The summed E-state index contributed by atoms with van der Waals surface area (Å²) < 4.78 is 12.7. The van der Waals surface area contributed by atoms with Gasteiger partial charge in [-0.05, 0) is 48.0 Å². The van der Waals surface area contributed by atoms with Crippen LogP contribution in [0.3, 0.4) is 0 Å². The summed E-state index contributed by atoms with van der Waals surface area (Å²) in [5, 5.41) is 10.7. The van der Waals surface area contributed by atoms with Crippen LogP contribution in [0.1, 0.15) is 22.8 Å². The number of ether oxygens (including phenoxy) is 2. The molecule has 2 amide bonds. The molecule has 30 heavy (non-hydrogen) atoms. The molecule has 0 spiro atoms. The lowest BCUT2D eigenvalue weighted by molar-refractivity contribution is -0.114. The standard InChI is InChI=1S/C21H21N5O4/c1-15(27)24-18-6-3-5-17(12-18)21(28)25-22-13-16-7-8-19(29-2)20(11-16)30-14-26-10-4-9-23-26/h3-13H,14H2,1-2H3,(H,24,27)(H,25,28)/b22-13+. The number of hydrogen-bond donors (Lipinski definition) is 2. The van der Waals surface area contributed by atoms with E-state index < -0.39 is 5.91 Å². The van der Waals surface area contributed by atoms with E-state index >= 15 is 0 Å². The van der Waals surface area contributed by atoms with Crippen molar-refractivity contribution < 1.29 is 19.1 Å². The summed E-state index contributed by atoms with van der Waals surface area (Å²) >= 11 is 0. The predicted molar refractivity (Wildman–Crippen MR) is 112 cm³/mol. The molecule has 1 aromatic heterocycles. The maximum Gasteiger partial charge on any atom is 0.271 e. The van der Waals surface area contributed by atoms with Crippen molar-refractivity contribution >= 4 is 23.7 Å². The van der Waals surface area contributed by atoms with Crippen molar-refractivity contribution in [3.05, 3.63) is 72.1 Å². The topological polar surface area (TPSA) is 107 Å². The molecule has 0 aliphatic carbocycles. The molecule has 2 N–H and O–H groups in total. The lowest BCUT2D eigenvalue weighted by Gasteiger charge is -2.11. The molecule has 0 unspecified atom stereocenters. The van der Waals surface area contributed by atoms with Crippen LogP contribution in [0, 0.1) is 0 Å². The number of nitrogens with one attached hydrogen (secondary N) is 2. The van der Waals surface area contributed by atoms with Crippen LogP contribution in [0.25, 0.3) is 0 Å². The summed E-state index contributed by atoms with van der Waals surface area (Å²) in [6.07, 6.45) is 4.95. The molecule has 154 valence electrons. The van der Waals surface area contributed by atoms with Crippen LogP contribution in [-0.2, 0) is 11.5 Å². The fraction of sp³-hybridized carbons (Fsp3) is 0.143. The van der Waals surface area contributed by atoms with Crippen LogP contribution in [0.5, 0.6) is 11.5 Å². The minimum atomic E-state index is -0.401. The molecule has 0 saturated heterocycles. The number of methoxy groups -OCH3 is 1. The van der Waals surface area contributed by atoms with Crippen molar-refractivity contribution in [2.45, 2.75) is 13.7 Å². The summed E-state index contributed by atoms with van der Waals surface area (Å²) in [5.41, 5.74) is 4.08. The highest BCUT2D eigenvalue weighted by Gasteiger charge is 2.07. The Morgan fingerprint density at radius 3 is 2.77 bits per heavy atom. The first-order chi connectivity index (χ1) is 14.5. The fourth-order valence-electron chi connectivity index (χ4n) is 2.57. The molecular weight excluding hydrogens is 386 g/mol. The first kappa shape index (κ1) is 20.6. The van der Waals surface area contributed by atoms with Gasteiger partial charge in [0.15, 0.2) is 18.2 Å². The summed E-state index contributed by atoms with van der Waals surface area (Å²) in [6.45, 7) is 1.63. The minimum Gasteiger partial charge on any atom is -0.493 e. The molecule has 3 aromatic rings. The van der Waals surface area contributed by atoms with Crippen molar-refractivity contribution in [2.24, 2.45) is 5.10 Å². The van der Waals surface area contributed by atoms with Gasteiger partial charge in [0.2, 0.25) is 5.91 Å². The van der Waals surface area contributed by atoms with E-state index in [2.05, 4.69) is 20.9 Å². The van der Waals surface area contributed by atoms with E-state index in [1.165, 1.54) is 13.1 Å². The number of nitrogens with zero attached hydrogens (tertiary/aromatic N) is 3. The number of carbonyl (C=O) groups is 2. The summed E-state index contributed by atoms with van der Waals surface area (Å²) in [6, 6.07) is 13.7. The van der Waals surface area contributed by atoms with Gasteiger partial charge in [-0.15, -0.1) is 0 Å². The first-order valence-corrected chi connectivity index (χ1v) is 9.04.